The zero-order valence-corrected chi connectivity index (χ0v) is 6.01. The third-order valence-corrected chi connectivity index (χ3v) is 1.68. The van der Waals surface area contributed by atoms with Crippen molar-refractivity contribution in [2.45, 2.75) is 6.29 Å². The highest BCUT2D eigenvalue weighted by Crippen LogP contribution is 2.15. The Morgan fingerprint density at radius 2 is 2.27 bits per heavy atom. The second kappa shape index (κ2) is 2.36. The monoisotopic (exact) mass is 147 g/mol. The first-order chi connectivity index (χ1) is 5.38. The van der Waals surface area contributed by atoms with Crippen molar-refractivity contribution in [2.75, 3.05) is 0 Å². The summed E-state index contributed by atoms with van der Waals surface area (Å²) in [4.78, 5) is 5.96. The smallest absolute Gasteiger partial charge is 0.177 e. The molecule has 0 fully saturated rings. The van der Waals surface area contributed by atoms with Crippen LogP contribution >= 0.6 is 0 Å². The molecule has 0 bridgehead atoms. The minimum absolute atomic E-state index is 0.239. The Bertz CT molecular complexity index is 273. The lowest BCUT2D eigenvalue weighted by Crippen LogP contribution is -2.31. The highest BCUT2D eigenvalue weighted by Gasteiger charge is 2.17. The van der Waals surface area contributed by atoms with Crippen LogP contribution in [0.3, 0.4) is 0 Å². The van der Waals surface area contributed by atoms with E-state index in [9.17, 15) is 0 Å². The Morgan fingerprint density at radius 3 is 3.18 bits per heavy atom. The third kappa shape index (κ3) is 0.991. The van der Waals surface area contributed by atoms with Gasteiger partial charge < -0.3 is 4.90 Å². The maximum atomic E-state index is 5.67. The summed E-state index contributed by atoms with van der Waals surface area (Å²) in [6, 6.07) is 0. The van der Waals surface area contributed by atoms with Crippen LogP contribution in [0.1, 0.15) is 0 Å². The summed E-state index contributed by atoms with van der Waals surface area (Å²) in [5.74, 6) is 0. The molecule has 2 N–H and O–H groups in total. The lowest BCUT2D eigenvalue weighted by atomic mass is 10.4. The molecule has 0 radical (unpaired) electrons. The van der Waals surface area contributed by atoms with Gasteiger partial charge in [0.1, 0.15) is 0 Å². The molecule has 0 aliphatic carbocycles. The van der Waals surface area contributed by atoms with Crippen LogP contribution in [0.5, 0.6) is 0 Å². The Labute approximate surface area is 65.2 Å². The number of hydrogen-bond donors (Lipinski definition) is 1. The highest BCUT2D eigenvalue weighted by atomic mass is 15.3. The van der Waals surface area contributed by atoms with Crippen molar-refractivity contribution in [1.29, 1.82) is 0 Å². The Balaban J connectivity index is 2.36. The average molecular weight is 147 g/mol. The molecule has 0 saturated carbocycles. The first-order valence-electron chi connectivity index (χ1n) is 3.50. The fraction of sp³-hybridized carbons (Fsp3) is 0.125. The summed E-state index contributed by atoms with van der Waals surface area (Å²) in [7, 11) is 0. The van der Waals surface area contributed by atoms with Crippen molar-refractivity contribution >= 4 is 6.21 Å². The molecule has 1 unspecified atom stereocenters. The van der Waals surface area contributed by atoms with Gasteiger partial charge in [0.15, 0.2) is 6.29 Å². The number of nitrogens with two attached hydrogens (primary N) is 1. The van der Waals surface area contributed by atoms with E-state index in [2.05, 4.69) is 4.99 Å². The van der Waals surface area contributed by atoms with Crippen LogP contribution in [0.2, 0.25) is 0 Å². The number of allylic oxidation sites excluding steroid dienone is 5. The maximum absolute atomic E-state index is 5.67. The molecule has 0 saturated heterocycles. The molecular formula is C8H9N3. The van der Waals surface area contributed by atoms with Gasteiger partial charge >= 0.3 is 0 Å². The first kappa shape index (κ1) is 6.37. The second-order valence-corrected chi connectivity index (χ2v) is 2.42. The van der Waals surface area contributed by atoms with Gasteiger partial charge in [0.25, 0.3) is 0 Å². The summed E-state index contributed by atoms with van der Waals surface area (Å²) in [6.45, 7) is 0. The quantitative estimate of drug-likeness (QED) is 0.544. The zero-order chi connectivity index (χ0) is 7.68. The van der Waals surface area contributed by atoms with Crippen molar-refractivity contribution in [3.8, 4) is 0 Å². The number of hydrogen-bond acceptors (Lipinski definition) is 3. The van der Waals surface area contributed by atoms with E-state index in [0.717, 1.165) is 5.70 Å². The van der Waals surface area contributed by atoms with E-state index in [4.69, 9.17) is 5.73 Å². The standard InChI is InChI=1S/C8H9N3/c9-8-10-6-7-4-2-1-3-5-11(7)8/h1-6,8H,9H2. The van der Waals surface area contributed by atoms with E-state index in [1.165, 1.54) is 0 Å². The van der Waals surface area contributed by atoms with Gasteiger partial charge in [-0.05, 0) is 12.2 Å². The van der Waals surface area contributed by atoms with Crippen LogP contribution in [0.25, 0.3) is 0 Å². The van der Waals surface area contributed by atoms with Gasteiger partial charge in [-0.2, -0.15) is 0 Å². The maximum Gasteiger partial charge on any atom is 0.177 e. The molecule has 0 amide bonds. The van der Waals surface area contributed by atoms with Crippen molar-refractivity contribution in [2.24, 2.45) is 10.7 Å². The molecular weight excluding hydrogens is 138 g/mol. The minimum Gasteiger partial charge on any atom is -0.312 e. The topological polar surface area (TPSA) is 41.6 Å². The number of nitrogens with zero attached hydrogens (tertiary/aromatic N) is 2. The van der Waals surface area contributed by atoms with E-state index < -0.39 is 0 Å². The molecule has 2 rings (SSSR count). The molecule has 1 atom stereocenters. The minimum atomic E-state index is -0.239. The molecule has 56 valence electrons. The summed E-state index contributed by atoms with van der Waals surface area (Å²) in [5, 5.41) is 0. The van der Waals surface area contributed by atoms with Gasteiger partial charge in [-0.25, -0.2) is 0 Å². The molecule has 2 aliphatic heterocycles. The van der Waals surface area contributed by atoms with Crippen LogP contribution in [0, 0.1) is 0 Å². The van der Waals surface area contributed by atoms with Gasteiger partial charge in [-0.15, -0.1) is 0 Å². The Morgan fingerprint density at radius 1 is 1.36 bits per heavy atom. The number of rotatable bonds is 0. The van der Waals surface area contributed by atoms with E-state index in [-0.39, 0.29) is 6.29 Å². The van der Waals surface area contributed by atoms with Gasteiger partial charge in [0, 0.05) is 12.4 Å². The second-order valence-electron chi connectivity index (χ2n) is 2.42. The van der Waals surface area contributed by atoms with E-state index >= 15 is 0 Å². The predicted molar refractivity (Wildman–Crippen MR) is 44.7 cm³/mol. The van der Waals surface area contributed by atoms with Crippen LogP contribution in [0.15, 0.2) is 41.2 Å². The van der Waals surface area contributed by atoms with Crippen LogP contribution < -0.4 is 5.73 Å². The summed E-state index contributed by atoms with van der Waals surface area (Å²) < 4.78 is 0. The van der Waals surface area contributed by atoms with Crippen LogP contribution in [-0.2, 0) is 0 Å². The van der Waals surface area contributed by atoms with E-state index in [0.29, 0.717) is 0 Å². The van der Waals surface area contributed by atoms with Crippen molar-refractivity contribution in [3.63, 3.8) is 0 Å². The lowest BCUT2D eigenvalue weighted by Gasteiger charge is -2.17. The molecule has 3 heteroatoms. The van der Waals surface area contributed by atoms with E-state index in [1.54, 1.807) is 6.21 Å². The molecule has 0 aromatic rings. The molecule has 0 aromatic carbocycles. The largest absolute Gasteiger partial charge is 0.312 e. The lowest BCUT2D eigenvalue weighted by molar-refractivity contribution is 0.396. The summed E-state index contributed by atoms with van der Waals surface area (Å²) >= 11 is 0. The highest BCUT2D eigenvalue weighted by molar-refractivity contribution is 5.81. The molecule has 0 aromatic heterocycles. The summed E-state index contributed by atoms with van der Waals surface area (Å²) in [5.41, 5.74) is 6.71. The van der Waals surface area contributed by atoms with Crippen molar-refractivity contribution in [3.05, 3.63) is 36.2 Å². The zero-order valence-electron chi connectivity index (χ0n) is 6.01. The fourth-order valence-electron chi connectivity index (χ4n) is 1.11. The van der Waals surface area contributed by atoms with Crippen LogP contribution in [0.4, 0.5) is 0 Å². The van der Waals surface area contributed by atoms with Gasteiger partial charge in [-0.3, -0.25) is 10.7 Å². The third-order valence-electron chi connectivity index (χ3n) is 1.68. The molecule has 3 nitrogen and oxygen atoms in total. The molecule has 0 spiro atoms. The SMILES string of the molecule is NC1N=CC2=CC=CC=CN21. The summed E-state index contributed by atoms with van der Waals surface area (Å²) in [6.07, 6.45) is 11.3. The van der Waals surface area contributed by atoms with Crippen molar-refractivity contribution < 1.29 is 0 Å². The normalized spacial score (nSPS) is 26.8. The number of fused-ring (bicyclic) bond motifs is 1. The van der Waals surface area contributed by atoms with Crippen molar-refractivity contribution in [1.82, 2.24) is 4.90 Å². The predicted octanol–water partition coefficient (Wildman–Crippen LogP) is 0.583. The Hall–Kier alpha value is -1.35. The molecule has 2 heterocycles. The van der Waals surface area contributed by atoms with Gasteiger partial charge in [0.2, 0.25) is 0 Å². The molecule has 11 heavy (non-hydrogen) atoms. The fourth-order valence-corrected chi connectivity index (χ4v) is 1.11. The molecule has 2 aliphatic rings. The average Bonchev–Trinajstić information content (AvgIpc) is 2.25. The van der Waals surface area contributed by atoms with E-state index in [1.807, 2.05) is 35.4 Å². The number of aliphatic imine (C=N–C) groups is 1. The van der Waals surface area contributed by atoms with Gasteiger partial charge in [0.05, 0.1) is 5.70 Å². The van der Waals surface area contributed by atoms with Crippen LogP contribution in [-0.4, -0.2) is 17.4 Å². The van der Waals surface area contributed by atoms with Gasteiger partial charge in [-0.1, -0.05) is 12.2 Å². The first-order valence-corrected chi connectivity index (χ1v) is 3.50. The Kier molecular flexibility index (Phi) is 1.36.